The van der Waals surface area contributed by atoms with Crippen LogP contribution in [-0.4, -0.2) is 0 Å². The molecule has 12 aromatic carbocycles. The molecular formula is C81H69N3. The third-order valence-electron chi connectivity index (χ3n) is 17.6. The van der Waals surface area contributed by atoms with Gasteiger partial charge in [-0.1, -0.05) is 260 Å². The molecule has 3 aliphatic rings. The van der Waals surface area contributed by atoms with Gasteiger partial charge >= 0.3 is 0 Å². The molecule has 3 nitrogen and oxygen atoms in total. The summed E-state index contributed by atoms with van der Waals surface area (Å²) >= 11 is 0. The van der Waals surface area contributed by atoms with Crippen LogP contribution in [0.1, 0.15) is 74.9 Å². The quantitative estimate of drug-likeness (QED) is 0.135. The van der Waals surface area contributed by atoms with Crippen LogP contribution in [0.15, 0.2) is 291 Å². The molecule has 0 radical (unpaired) electrons. The summed E-state index contributed by atoms with van der Waals surface area (Å²) in [6, 6.07) is 104. The van der Waals surface area contributed by atoms with E-state index >= 15 is 0 Å². The van der Waals surface area contributed by atoms with Crippen molar-refractivity contribution >= 4 is 34.1 Å². The summed E-state index contributed by atoms with van der Waals surface area (Å²) in [7, 11) is 0. The van der Waals surface area contributed by atoms with Gasteiger partial charge in [0.05, 0.1) is 0 Å². The number of benzene rings is 12. The molecule has 0 bridgehead atoms. The predicted octanol–water partition coefficient (Wildman–Crippen LogP) is 22.2. The molecule has 15 rings (SSSR count). The highest BCUT2D eigenvalue weighted by Gasteiger charge is 2.38. The molecular weight excluding hydrogens is 1010 g/mol. The highest BCUT2D eigenvalue weighted by molar-refractivity contribution is 5.86. The van der Waals surface area contributed by atoms with Gasteiger partial charge in [0.2, 0.25) is 0 Å². The lowest BCUT2D eigenvalue weighted by atomic mass is 9.82. The van der Waals surface area contributed by atoms with E-state index in [0.717, 1.165) is 34.1 Å². The molecule has 0 aromatic heterocycles. The predicted molar refractivity (Wildman–Crippen MR) is 358 cm³/mol. The Labute approximate surface area is 496 Å². The topological polar surface area (TPSA) is 36.1 Å². The average molecular weight is 1080 g/mol. The summed E-state index contributed by atoms with van der Waals surface area (Å²) < 4.78 is 0. The Bertz CT molecular complexity index is 4120. The standard InChI is InChI=1S/C30H27N.C27H23N.C24H19N/c1-29(2)25-11-7-5-9-21(25)23-15-13-19(17-27(23)29)31-20-14-16-24-22-10-6-8-12-26(22)30(3,4)28(24)18-20;1-27(2)25-11-7-6-10-23(25)24-17-16-22(18-26(24)27)28-21-14-12-20(13-15-21)19-8-4-3-5-9-19;1-3-7-19(8-4-1)21-11-15-23(16-12-21)25-24-17-13-22(14-18-24)20-9-5-2-6-10-20/h5-18,31H,1-4H3;3-18,28H,1-2H3;1-18,25H. The second-order valence-corrected chi connectivity index (χ2v) is 24.0. The molecule has 0 unspecified atom stereocenters. The zero-order chi connectivity index (χ0) is 57.4. The zero-order valence-corrected chi connectivity index (χ0v) is 48.7. The Kier molecular flexibility index (Phi) is 14.0. The normalized spacial score (nSPS) is 13.6. The number of anilines is 6. The van der Waals surface area contributed by atoms with Crippen LogP contribution in [0, 0.1) is 0 Å². The minimum absolute atomic E-state index is 0.0190. The van der Waals surface area contributed by atoms with Gasteiger partial charge in [-0.3, -0.25) is 0 Å². The van der Waals surface area contributed by atoms with Gasteiger partial charge in [-0.2, -0.15) is 0 Å². The van der Waals surface area contributed by atoms with Gasteiger partial charge in [0.15, 0.2) is 0 Å². The van der Waals surface area contributed by atoms with Crippen molar-refractivity contribution in [3.8, 4) is 66.8 Å². The minimum atomic E-state index is 0.0190. The summed E-state index contributed by atoms with van der Waals surface area (Å²) in [5.74, 6) is 0. The van der Waals surface area contributed by atoms with Crippen molar-refractivity contribution in [3.05, 3.63) is 325 Å². The van der Waals surface area contributed by atoms with Crippen LogP contribution in [0.4, 0.5) is 34.1 Å². The first-order valence-electron chi connectivity index (χ1n) is 29.4. The molecule has 0 saturated heterocycles. The fourth-order valence-corrected chi connectivity index (χ4v) is 13.0. The van der Waals surface area contributed by atoms with Gasteiger partial charge in [-0.15, -0.1) is 0 Å². The molecule has 0 saturated carbocycles. The van der Waals surface area contributed by atoms with E-state index in [-0.39, 0.29) is 16.2 Å². The Balaban J connectivity index is 0.000000118. The molecule has 3 N–H and O–H groups in total. The molecule has 84 heavy (non-hydrogen) atoms. The Hall–Kier alpha value is -9.96. The van der Waals surface area contributed by atoms with E-state index in [2.05, 4.69) is 330 Å². The van der Waals surface area contributed by atoms with E-state index in [9.17, 15) is 0 Å². The number of fused-ring (bicyclic) bond motifs is 9. The maximum Gasteiger partial charge on any atom is 0.0387 e. The highest BCUT2D eigenvalue weighted by Crippen LogP contribution is 2.52. The molecule has 3 aliphatic carbocycles. The van der Waals surface area contributed by atoms with E-state index in [1.54, 1.807) is 0 Å². The molecule has 408 valence electrons. The maximum atomic E-state index is 3.69. The molecule has 0 atom stereocenters. The molecule has 0 spiro atoms. The molecule has 12 aromatic rings. The molecule has 0 fully saturated rings. The summed E-state index contributed by atoms with van der Waals surface area (Å²) in [4.78, 5) is 0. The highest BCUT2D eigenvalue weighted by atomic mass is 14.9. The molecule has 0 amide bonds. The lowest BCUT2D eigenvalue weighted by Gasteiger charge is -2.23. The van der Waals surface area contributed by atoms with Crippen molar-refractivity contribution in [2.24, 2.45) is 0 Å². The second-order valence-electron chi connectivity index (χ2n) is 24.0. The van der Waals surface area contributed by atoms with Crippen LogP contribution in [0.5, 0.6) is 0 Å². The lowest BCUT2D eigenvalue weighted by molar-refractivity contribution is 0.660. The molecule has 3 heteroatoms. The first kappa shape index (κ1) is 53.4. The number of rotatable bonds is 9. The first-order chi connectivity index (χ1) is 40.9. The average Bonchev–Trinajstić information content (AvgIpc) is 2.65. The summed E-state index contributed by atoms with van der Waals surface area (Å²) in [5.41, 5.74) is 30.8. The van der Waals surface area contributed by atoms with Crippen molar-refractivity contribution in [1.82, 2.24) is 0 Å². The minimum Gasteiger partial charge on any atom is -0.356 e. The SMILES string of the molecule is CC1(C)c2ccccc2-c2ccc(Nc3ccc(-c4ccccc4)cc3)cc21.CC1(C)c2ccccc2-c2ccc(Nc3ccc4c(c3)C(C)(C)c3ccccc3-4)cc21.c1ccc(-c2ccc(Nc3ccc(-c4ccccc4)cc3)cc2)cc1. The fourth-order valence-electron chi connectivity index (χ4n) is 13.0. The van der Waals surface area contributed by atoms with Gasteiger partial charge < -0.3 is 16.0 Å². The summed E-state index contributed by atoms with van der Waals surface area (Å²) in [6.45, 7) is 14.0. The number of hydrogen-bond donors (Lipinski definition) is 3. The third-order valence-corrected chi connectivity index (χ3v) is 17.6. The van der Waals surface area contributed by atoms with Gasteiger partial charge in [0, 0.05) is 50.4 Å². The van der Waals surface area contributed by atoms with Crippen LogP contribution < -0.4 is 16.0 Å². The van der Waals surface area contributed by atoms with Crippen molar-refractivity contribution in [3.63, 3.8) is 0 Å². The maximum absolute atomic E-state index is 3.69. The van der Waals surface area contributed by atoms with Crippen LogP contribution >= 0.6 is 0 Å². The fraction of sp³-hybridized carbons (Fsp3) is 0.111. The van der Waals surface area contributed by atoms with Gasteiger partial charge in [-0.05, 0) is 173 Å². The molecule has 0 aliphatic heterocycles. The largest absolute Gasteiger partial charge is 0.356 e. The zero-order valence-electron chi connectivity index (χ0n) is 48.7. The van der Waals surface area contributed by atoms with E-state index < -0.39 is 0 Å². The van der Waals surface area contributed by atoms with Crippen LogP contribution in [-0.2, 0) is 16.2 Å². The first-order valence-corrected chi connectivity index (χ1v) is 29.4. The van der Waals surface area contributed by atoms with Crippen molar-refractivity contribution in [2.45, 2.75) is 57.8 Å². The van der Waals surface area contributed by atoms with Crippen molar-refractivity contribution in [1.29, 1.82) is 0 Å². The van der Waals surface area contributed by atoms with E-state index in [4.69, 9.17) is 0 Å². The van der Waals surface area contributed by atoms with Crippen molar-refractivity contribution < 1.29 is 0 Å². The van der Waals surface area contributed by atoms with Gasteiger partial charge in [0.1, 0.15) is 0 Å². The van der Waals surface area contributed by atoms with E-state index in [1.807, 2.05) is 18.2 Å². The Morgan fingerprint density at radius 3 is 0.667 bits per heavy atom. The van der Waals surface area contributed by atoms with Crippen molar-refractivity contribution in [2.75, 3.05) is 16.0 Å². The smallest absolute Gasteiger partial charge is 0.0387 e. The van der Waals surface area contributed by atoms with Gasteiger partial charge in [-0.25, -0.2) is 0 Å². The van der Waals surface area contributed by atoms with E-state index in [1.165, 1.54) is 100 Å². The summed E-state index contributed by atoms with van der Waals surface area (Å²) in [5, 5.41) is 10.7. The monoisotopic (exact) mass is 1080 g/mol. The Morgan fingerprint density at radius 2 is 0.381 bits per heavy atom. The third kappa shape index (κ3) is 10.3. The number of nitrogens with one attached hydrogen (secondary N) is 3. The van der Waals surface area contributed by atoms with Crippen LogP contribution in [0.2, 0.25) is 0 Å². The van der Waals surface area contributed by atoms with Crippen LogP contribution in [0.25, 0.3) is 66.8 Å². The second kappa shape index (κ2) is 22.1. The lowest BCUT2D eigenvalue weighted by Crippen LogP contribution is -2.15. The number of hydrogen-bond acceptors (Lipinski definition) is 3. The van der Waals surface area contributed by atoms with E-state index in [0.29, 0.717) is 0 Å². The van der Waals surface area contributed by atoms with Gasteiger partial charge in [0.25, 0.3) is 0 Å². The molecule has 0 heterocycles. The summed E-state index contributed by atoms with van der Waals surface area (Å²) in [6.07, 6.45) is 0. The van der Waals surface area contributed by atoms with Crippen LogP contribution in [0.3, 0.4) is 0 Å². The Morgan fingerprint density at radius 1 is 0.179 bits per heavy atom.